The number of H-pyrrole nitrogens is 1. The van der Waals surface area contributed by atoms with E-state index in [0.29, 0.717) is 5.92 Å². The fourth-order valence-corrected chi connectivity index (χ4v) is 3.36. The summed E-state index contributed by atoms with van der Waals surface area (Å²) < 4.78 is 0. The Morgan fingerprint density at radius 3 is 2.77 bits per heavy atom. The molecule has 2 amide bonds. The van der Waals surface area contributed by atoms with Crippen LogP contribution in [0.1, 0.15) is 38.2 Å². The summed E-state index contributed by atoms with van der Waals surface area (Å²) in [5, 5.41) is 0. The monoisotopic (exact) mass is 300 g/mol. The number of carbonyl (C=O) groups excluding carboxylic acids is 1. The first-order valence-electron chi connectivity index (χ1n) is 8.20. The van der Waals surface area contributed by atoms with Crippen LogP contribution in [0, 0.1) is 0 Å². The molecule has 2 aromatic rings. The Balaban J connectivity index is 1.68. The maximum Gasteiger partial charge on any atom is 0.319 e. The predicted molar refractivity (Wildman–Crippen MR) is 88.0 cm³/mol. The van der Waals surface area contributed by atoms with Gasteiger partial charge in [0.15, 0.2) is 0 Å². The molecule has 0 saturated carbocycles. The minimum atomic E-state index is 0.181. The summed E-state index contributed by atoms with van der Waals surface area (Å²) in [6, 6.07) is 4.19. The predicted octanol–water partition coefficient (Wildman–Crippen LogP) is 3.20. The highest BCUT2D eigenvalue weighted by atomic mass is 16.2. The first-order valence-corrected chi connectivity index (χ1v) is 8.20. The molecule has 0 aromatic carbocycles. The number of aromatic amines is 1. The summed E-state index contributed by atoms with van der Waals surface area (Å²) in [5.41, 5.74) is 3.47. The van der Waals surface area contributed by atoms with Gasteiger partial charge in [0.2, 0.25) is 0 Å². The van der Waals surface area contributed by atoms with Crippen molar-refractivity contribution in [1.29, 1.82) is 0 Å². The molecule has 0 spiro atoms. The smallest absolute Gasteiger partial charge is 0.319 e. The molecule has 3 rings (SSSR count). The van der Waals surface area contributed by atoms with Crippen LogP contribution < -0.4 is 0 Å². The van der Waals surface area contributed by atoms with E-state index in [4.69, 9.17) is 0 Å². The van der Waals surface area contributed by atoms with Gasteiger partial charge in [0, 0.05) is 38.6 Å². The van der Waals surface area contributed by atoms with Crippen molar-refractivity contribution in [1.82, 2.24) is 19.8 Å². The topological polar surface area (TPSA) is 52.2 Å². The van der Waals surface area contributed by atoms with Crippen molar-refractivity contribution in [2.45, 2.75) is 32.6 Å². The summed E-state index contributed by atoms with van der Waals surface area (Å²) in [6.07, 6.45) is 5.95. The third-order valence-electron chi connectivity index (χ3n) is 4.70. The largest absolute Gasteiger partial charge is 0.360 e. The Hall–Kier alpha value is -2.04. The summed E-state index contributed by atoms with van der Waals surface area (Å²) in [7, 11) is 0. The third-order valence-corrected chi connectivity index (χ3v) is 4.70. The molecule has 0 radical (unpaired) electrons. The van der Waals surface area contributed by atoms with Gasteiger partial charge in [0.1, 0.15) is 0 Å². The number of carbonyl (C=O) groups is 1. The van der Waals surface area contributed by atoms with Crippen molar-refractivity contribution in [3.8, 4) is 0 Å². The van der Waals surface area contributed by atoms with Crippen LogP contribution in [0.5, 0.6) is 0 Å². The Labute approximate surface area is 131 Å². The van der Waals surface area contributed by atoms with Crippen LogP contribution in [0.2, 0.25) is 0 Å². The van der Waals surface area contributed by atoms with Crippen molar-refractivity contribution in [3.63, 3.8) is 0 Å². The van der Waals surface area contributed by atoms with Gasteiger partial charge in [-0.15, -0.1) is 0 Å². The quantitative estimate of drug-likeness (QED) is 0.946. The molecule has 2 aromatic heterocycles. The fourth-order valence-electron chi connectivity index (χ4n) is 3.36. The van der Waals surface area contributed by atoms with E-state index in [2.05, 4.69) is 22.2 Å². The number of rotatable bonds is 3. The van der Waals surface area contributed by atoms with Gasteiger partial charge in [-0.1, -0.05) is 0 Å². The average molecular weight is 300 g/mol. The van der Waals surface area contributed by atoms with E-state index in [-0.39, 0.29) is 6.03 Å². The van der Waals surface area contributed by atoms with E-state index in [1.807, 2.05) is 35.9 Å². The van der Waals surface area contributed by atoms with Crippen LogP contribution in [0.3, 0.4) is 0 Å². The Kier molecular flexibility index (Phi) is 4.32. The molecular weight excluding hydrogens is 276 g/mol. The van der Waals surface area contributed by atoms with Gasteiger partial charge in [-0.25, -0.2) is 4.79 Å². The van der Waals surface area contributed by atoms with E-state index >= 15 is 0 Å². The van der Waals surface area contributed by atoms with Gasteiger partial charge in [-0.3, -0.25) is 4.98 Å². The molecule has 1 aliphatic heterocycles. The molecule has 1 N–H and O–H groups in total. The number of hydrogen-bond acceptors (Lipinski definition) is 2. The summed E-state index contributed by atoms with van der Waals surface area (Å²) >= 11 is 0. The van der Waals surface area contributed by atoms with Crippen molar-refractivity contribution >= 4 is 17.1 Å². The Morgan fingerprint density at radius 1 is 1.36 bits per heavy atom. The molecule has 1 fully saturated rings. The number of likely N-dealkylation sites (tertiary alicyclic amines) is 1. The number of pyridine rings is 1. The molecule has 1 aliphatic rings. The Bertz CT molecular complexity index is 639. The van der Waals surface area contributed by atoms with Gasteiger partial charge in [0.05, 0.1) is 11.0 Å². The lowest BCUT2D eigenvalue weighted by atomic mass is 9.90. The number of piperidine rings is 1. The normalized spacial score (nSPS) is 16.2. The molecule has 118 valence electrons. The SMILES string of the molecule is CCN(CC)C(=O)N1CCC(c2c[nH]c3cccnc23)CC1. The van der Waals surface area contributed by atoms with Gasteiger partial charge < -0.3 is 14.8 Å². The number of nitrogens with zero attached hydrogens (tertiary/aromatic N) is 3. The molecule has 0 unspecified atom stereocenters. The highest BCUT2D eigenvalue weighted by Crippen LogP contribution is 2.32. The van der Waals surface area contributed by atoms with Crippen LogP contribution in [-0.4, -0.2) is 52.0 Å². The van der Waals surface area contributed by atoms with Crippen molar-refractivity contribution in [2.75, 3.05) is 26.2 Å². The van der Waals surface area contributed by atoms with Gasteiger partial charge in [0.25, 0.3) is 0 Å². The van der Waals surface area contributed by atoms with Crippen LogP contribution in [0.4, 0.5) is 4.79 Å². The molecule has 5 heteroatoms. The van der Waals surface area contributed by atoms with E-state index < -0.39 is 0 Å². The molecule has 0 bridgehead atoms. The van der Waals surface area contributed by atoms with Gasteiger partial charge >= 0.3 is 6.03 Å². The number of amides is 2. The maximum atomic E-state index is 12.4. The zero-order valence-electron chi connectivity index (χ0n) is 13.4. The number of hydrogen-bond donors (Lipinski definition) is 1. The number of urea groups is 1. The highest BCUT2D eigenvalue weighted by Gasteiger charge is 2.27. The van der Waals surface area contributed by atoms with Crippen LogP contribution in [0.15, 0.2) is 24.5 Å². The third kappa shape index (κ3) is 2.67. The lowest BCUT2D eigenvalue weighted by Gasteiger charge is -2.35. The molecular formula is C17H24N4O. The minimum Gasteiger partial charge on any atom is -0.360 e. The second kappa shape index (κ2) is 6.38. The average Bonchev–Trinajstić information content (AvgIpc) is 3.00. The Morgan fingerprint density at radius 2 is 2.09 bits per heavy atom. The number of fused-ring (bicyclic) bond motifs is 1. The standard InChI is InChI=1S/C17H24N4O/c1-3-20(4-2)17(22)21-10-7-13(8-11-21)14-12-19-15-6-5-9-18-16(14)15/h5-6,9,12-13,19H,3-4,7-8,10-11H2,1-2H3. The first kappa shape index (κ1) is 14.9. The summed E-state index contributed by atoms with van der Waals surface area (Å²) in [4.78, 5) is 24.1. The summed E-state index contributed by atoms with van der Waals surface area (Å²) in [5.74, 6) is 0.490. The molecule has 5 nitrogen and oxygen atoms in total. The van der Waals surface area contributed by atoms with E-state index in [0.717, 1.165) is 50.1 Å². The second-order valence-corrected chi connectivity index (χ2v) is 5.86. The van der Waals surface area contributed by atoms with Gasteiger partial charge in [-0.2, -0.15) is 0 Å². The van der Waals surface area contributed by atoms with Gasteiger partial charge in [-0.05, 0) is 50.3 Å². The maximum absolute atomic E-state index is 12.4. The molecule has 1 saturated heterocycles. The first-order chi connectivity index (χ1) is 10.7. The molecule has 3 heterocycles. The lowest BCUT2D eigenvalue weighted by molar-refractivity contribution is 0.144. The van der Waals surface area contributed by atoms with E-state index in [9.17, 15) is 4.79 Å². The zero-order valence-corrected chi connectivity index (χ0v) is 13.4. The number of aromatic nitrogens is 2. The van der Waals surface area contributed by atoms with Crippen molar-refractivity contribution in [3.05, 3.63) is 30.1 Å². The fraction of sp³-hybridized carbons (Fsp3) is 0.529. The molecule has 22 heavy (non-hydrogen) atoms. The molecule has 0 aliphatic carbocycles. The molecule has 0 atom stereocenters. The van der Waals surface area contributed by atoms with Crippen LogP contribution in [-0.2, 0) is 0 Å². The van der Waals surface area contributed by atoms with Crippen LogP contribution in [0.25, 0.3) is 11.0 Å². The summed E-state index contributed by atoms with van der Waals surface area (Å²) in [6.45, 7) is 7.29. The lowest BCUT2D eigenvalue weighted by Crippen LogP contribution is -2.46. The van der Waals surface area contributed by atoms with Crippen LogP contribution >= 0.6 is 0 Å². The second-order valence-electron chi connectivity index (χ2n) is 5.86. The van der Waals surface area contributed by atoms with E-state index in [1.165, 1.54) is 5.56 Å². The highest BCUT2D eigenvalue weighted by molar-refractivity contribution is 5.79. The zero-order chi connectivity index (χ0) is 15.5. The minimum absolute atomic E-state index is 0.181. The van der Waals surface area contributed by atoms with Crippen molar-refractivity contribution < 1.29 is 4.79 Å². The van der Waals surface area contributed by atoms with E-state index in [1.54, 1.807) is 0 Å². The number of nitrogens with one attached hydrogen (secondary N) is 1. The van der Waals surface area contributed by atoms with Crippen molar-refractivity contribution in [2.24, 2.45) is 0 Å².